The summed E-state index contributed by atoms with van der Waals surface area (Å²) in [5.74, 6) is 0.924. The molecule has 0 N–H and O–H groups in total. The number of benzene rings is 2. The van der Waals surface area contributed by atoms with Gasteiger partial charge in [0.05, 0.1) is 17.4 Å². The van der Waals surface area contributed by atoms with Crippen LogP contribution >= 0.6 is 11.7 Å². The number of hydrogen-bond donors (Lipinski definition) is 0. The highest BCUT2D eigenvalue weighted by molar-refractivity contribution is 7.00. The molecule has 5 rings (SSSR count). The van der Waals surface area contributed by atoms with Gasteiger partial charge in [-0.3, -0.25) is 4.79 Å². The van der Waals surface area contributed by atoms with Gasteiger partial charge in [0.1, 0.15) is 23.2 Å². The number of piperazine rings is 1. The van der Waals surface area contributed by atoms with E-state index in [9.17, 15) is 4.79 Å². The largest absolute Gasteiger partial charge is 0.353 e. The van der Waals surface area contributed by atoms with E-state index in [4.69, 9.17) is 0 Å². The van der Waals surface area contributed by atoms with E-state index in [1.165, 1.54) is 0 Å². The first-order valence-electron chi connectivity index (χ1n) is 9.42. The molecule has 1 fully saturated rings. The van der Waals surface area contributed by atoms with Crippen molar-refractivity contribution in [2.24, 2.45) is 0 Å². The summed E-state index contributed by atoms with van der Waals surface area (Å²) in [6, 6.07) is 17.6. The zero-order valence-corrected chi connectivity index (χ0v) is 16.4. The number of nitrogens with zero attached hydrogens (tertiary/aromatic N) is 6. The van der Waals surface area contributed by atoms with E-state index in [-0.39, 0.29) is 5.91 Å². The molecule has 144 valence electrons. The predicted molar refractivity (Wildman–Crippen MR) is 113 cm³/mol. The van der Waals surface area contributed by atoms with Gasteiger partial charge in [-0.15, -0.1) is 0 Å². The Hall–Kier alpha value is -3.39. The van der Waals surface area contributed by atoms with Crippen LogP contribution in [0.1, 0.15) is 10.4 Å². The Labute approximate surface area is 172 Å². The summed E-state index contributed by atoms with van der Waals surface area (Å²) >= 11 is 1.16. The van der Waals surface area contributed by atoms with Gasteiger partial charge in [-0.2, -0.15) is 8.75 Å². The van der Waals surface area contributed by atoms with Gasteiger partial charge in [0.15, 0.2) is 0 Å². The SMILES string of the molecule is O=C(c1ccc2nsnc2c1)N1CCN(c2cc(-c3ccccc3)ncn2)CC1. The molecule has 2 aromatic carbocycles. The second-order valence-electron chi connectivity index (χ2n) is 6.87. The second-order valence-corrected chi connectivity index (χ2v) is 7.40. The minimum Gasteiger partial charge on any atom is -0.353 e. The third-order valence-corrected chi connectivity index (χ3v) is 5.67. The van der Waals surface area contributed by atoms with Gasteiger partial charge in [0.25, 0.3) is 5.91 Å². The maximum atomic E-state index is 12.9. The van der Waals surface area contributed by atoms with E-state index >= 15 is 0 Å². The topological polar surface area (TPSA) is 75.1 Å². The molecule has 0 unspecified atom stereocenters. The molecule has 0 atom stereocenters. The fraction of sp³-hybridized carbons (Fsp3) is 0.190. The molecule has 1 amide bonds. The summed E-state index contributed by atoms with van der Waals surface area (Å²) in [5.41, 5.74) is 4.23. The normalized spacial score (nSPS) is 14.3. The summed E-state index contributed by atoms with van der Waals surface area (Å²) in [5, 5.41) is 0. The van der Waals surface area contributed by atoms with Gasteiger partial charge in [0, 0.05) is 43.4 Å². The summed E-state index contributed by atoms with van der Waals surface area (Å²) in [6.45, 7) is 2.77. The Morgan fingerprint density at radius 2 is 1.66 bits per heavy atom. The lowest BCUT2D eigenvalue weighted by Crippen LogP contribution is -2.49. The van der Waals surface area contributed by atoms with Crippen molar-refractivity contribution < 1.29 is 4.79 Å². The highest BCUT2D eigenvalue weighted by Gasteiger charge is 2.23. The van der Waals surface area contributed by atoms with E-state index in [0.717, 1.165) is 52.9 Å². The number of hydrogen-bond acceptors (Lipinski definition) is 7. The number of rotatable bonds is 3. The monoisotopic (exact) mass is 402 g/mol. The molecule has 0 aliphatic carbocycles. The van der Waals surface area contributed by atoms with Gasteiger partial charge in [-0.1, -0.05) is 30.3 Å². The van der Waals surface area contributed by atoms with Gasteiger partial charge >= 0.3 is 0 Å². The molecule has 2 aromatic heterocycles. The van der Waals surface area contributed by atoms with Crippen LogP contribution in [0.2, 0.25) is 0 Å². The average Bonchev–Trinajstić information content (AvgIpc) is 3.27. The maximum Gasteiger partial charge on any atom is 0.254 e. The maximum absolute atomic E-state index is 12.9. The van der Waals surface area contributed by atoms with Crippen molar-refractivity contribution in [2.45, 2.75) is 0 Å². The van der Waals surface area contributed by atoms with Crippen molar-refractivity contribution in [2.75, 3.05) is 31.1 Å². The number of aromatic nitrogens is 4. The first kappa shape index (κ1) is 17.7. The smallest absolute Gasteiger partial charge is 0.254 e. The van der Waals surface area contributed by atoms with Crippen LogP contribution in [0.3, 0.4) is 0 Å². The van der Waals surface area contributed by atoms with Crippen LogP contribution in [0, 0.1) is 0 Å². The molecule has 0 bridgehead atoms. The fourth-order valence-electron chi connectivity index (χ4n) is 3.52. The highest BCUT2D eigenvalue weighted by Crippen LogP contribution is 2.22. The Bertz CT molecular complexity index is 1150. The Balaban J connectivity index is 1.28. The molecule has 29 heavy (non-hydrogen) atoms. The lowest BCUT2D eigenvalue weighted by molar-refractivity contribution is 0.0746. The number of carbonyl (C=O) groups is 1. The molecule has 1 aliphatic heterocycles. The number of carbonyl (C=O) groups excluding carboxylic acids is 1. The zero-order valence-electron chi connectivity index (χ0n) is 15.6. The quantitative estimate of drug-likeness (QED) is 0.524. The zero-order chi connectivity index (χ0) is 19.6. The molecule has 7 nitrogen and oxygen atoms in total. The molecule has 1 saturated heterocycles. The fourth-order valence-corrected chi connectivity index (χ4v) is 4.04. The molecule has 1 aliphatic rings. The van der Waals surface area contributed by atoms with Crippen LogP contribution in [0.25, 0.3) is 22.3 Å². The van der Waals surface area contributed by atoms with E-state index in [0.29, 0.717) is 18.7 Å². The van der Waals surface area contributed by atoms with E-state index < -0.39 is 0 Å². The van der Waals surface area contributed by atoms with Crippen LogP contribution in [-0.2, 0) is 0 Å². The minimum atomic E-state index is 0.0345. The molecule has 4 aromatic rings. The van der Waals surface area contributed by atoms with Crippen LogP contribution < -0.4 is 4.90 Å². The first-order chi connectivity index (χ1) is 14.3. The summed E-state index contributed by atoms with van der Waals surface area (Å²) < 4.78 is 8.42. The van der Waals surface area contributed by atoms with Crippen molar-refractivity contribution in [1.82, 2.24) is 23.6 Å². The second kappa shape index (κ2) is 7.56. The third-order valence-electron chi connectivity index (χ3n) is 5.11. The highest BCUT2D eigenvalue weighted by atomic mass is 32.1. The summed E-state index contributed by atoms with van der Waals surface area (Å²) in [7, 11) is 0. The average molecular weight is 402 g/mol. The van der Waals surface area contributed by atoms with Gasteiger partial charge in [-0.05, 0) is 18.2 Å². The Morgan fingerprint density at radius 1 is 0.862 bits per heavy atom. The molecule has 3 heterocycles. The Morgan fingerprint density at radius 3 is 2.48 bits per heavy atom. The predicted octanol–water partition coefficient (Wildman–Crippen LogP) is 3.11. The first-order valence-corrected chi connectivity index (χ1v) is 10.1. The number of fused-ring (bicyclic) bond motifs is 1. The van der Waals surface area contributed by atoms with Crippen molar-refractivity contribution in [3.8, 4) is 11.3 Å². The van der Waals surface area contributed by atoms with Crippen LogP contribution in [0.15, 0.2) is 60.9 Å². The summed E-state index contributed by atoms with van der Waals surface area (Å²) in [6.07, 6.45) is 1.60. The molecule has 0 radical (unpaired) electrons. The van der Waals surface area contributed by atoms with Crippen molar-refractivity contribution in [1.29, 1.82) is 0 Å². The molecular formula is C21H18N6OS. The standard InChI is InChI=1S/C21H18N6OS/c28-21(16-6-7-17-19(12-16)25-29-24-17)27-10-8-26(9-11-27)20-13-18(22-14-23-20)15-4-2-1-3-5-15/h1-7,12-14H,8-11H2. The van der Waals surface area contributed by atoms with Gasteiger partial charge in [-0.25, -0.2) is 9.97 Å². The summed E-state index contributed by atoms with van der Waals surface area (Å²) in [4.78, 5) is 25.8. The van der Waals surface area contributed by atoms with Crippen LogP contribution in [0.4, 0.5) is 5.82 Å². The van der Waals surface area contributed by atoms with Crippen molar-refractivity contribution >= 4 is 34.5 Å². The number of amides is 1. The lowest BCUT2D eigenvalue weighted by Gasteiger charge is -2.35. The number of anilines is 1. The molecule has 0 spiro atoms. The minimum absolute atomic E-state index is 0.0345. The third kappa shape index (κ3) is 3.54. The van der Waals surface area contributed by atoms with Crippen LogP contribution in [-0.4, -0.2) is 55.7 Å². The van der Waals surface area contributed by atoms with Crippen molar-refractivity contribution in [3.63, 3.8) is 0 Å². The molecule has 8 heteroatoms. The molecular weight excluding hydrogens is 384 g/mol. The Kier molecular flexibility index (Phi) is 4.61. The van der Waals surface area contributed by atoms with Gasteiger partial charge < -0.3 is 9.80 Å². The molecule has 0 saturated carbocycles. The van der Waals surface area contributed by atoms with Crippen molar-refractivity contribution in [3.05, 3.63) is 66.5 Å². The lowest BCUT2D eigenvalue weighted by atomic mass is 10.1. The van der Waals surface area contributed by atoms with Crippen LogP contribution in [0.5, 0.6) is 0 Å². The van der Waals surface area contributed by atoms with E-state index in [2.05, 4.69) is 23.6 Å². The van der Waals surface area contributed by atoms with Gasteiger partial charge in [0.2, 0.25) is 0 Å². The van der Waals surface area contributed by atoms with E-state index in [1.807, 2.05) is 59.5 Å². The van der Waals surface area contributed by atoms with E-state index in [1.54, 1.807) is 6.33 Å².